The molecule has 0 saturated heterocycles. The van der Waals surface area contributed by atoms with Crippen LogP contribution in [0.5, 0.6) is 0 Å². The fraction of sp³-hybridized carbons (Fsp3) is 0.0511. The van der Waals surface area contributed by atoms with Crippen molar-refractivity contribution in [2.75, 3.05) is 0 Å². The van der Waals surface area contributed by atoms with E-state index in [4.69, 9.17) is 17.8 Å². The maximum atomic E-state index is 8.27. The molecule has 0 aromatic heterocycles. The molecule has 0 radical (unpaired) electrons. The fourth-order valence-corrected chi connectivity index (χ4v) is 17.5. The van der Waals surface area contributed by atoms with E-state index >= 15 is 0 Å². The summed E-state index contributed by atoms with van der Waals surface area (Å²) in [6, 6.07) is 158. The number of fused-ring (bicyclic) bond motifs is 10. The summed E-state index contributed by atoms with van der Waals surface area (Å²) in [5, 5.41) is 14.8. The normalized spacial score (nSPS) is 12.1. The van der Waals surface area contributed by atoms with Crippen LogP contribution in [-0.4, -0.2) is 0 Å². The predicted octanol–water partition coefficient (Wildman–Crippen LogP) is 38.7. The zero-order valence-corrected chi connectivity index (χ0v) is 77.9. The molecule has 0 nitrogen and oxygen atoms in total. The van der Waals surface area contributed by atoms with Crippen LogP contribution in [-0.2, 0) is 0 Å². The van der Waals surface area contributed by atoms with Gasteiger partial charge in [-0.3, -0.25) is 0 Å². The van der Waals surface area contributed by atoms with Gasteiger partial charge in [0.2, 0.25) is 0 Å². The van der Waals surface area contributed by atoms with Crippen molar-refractivity contribution in [3.8, 4) is 111 Å². The first-order chi connectivity index (χ1) is 72.6. The minimum atomic E-state index is 0.173. The average molecular weight is 1780 g/mol. The lowest BCUT2D eigenvalue weighted by molar-refractivity contribution is 1.47. The molecule has 0 N–H and O–H groups in total. The Bertz CT molecular complexity index is 8820. The smallest absolute Gasteiger partial charge is 0.0622 e. The third-order valence-corrected chi connectivity index (χ3v) is 24.7. The van der Waals surface area contributed by atoms with Crippen LogP contribution in [0, 0.1) is 48.5 Å². The fourth-order valence-electron chi connectivity index (χ4n) is 17.5. The Morgan fingerprint density at radius 2 is 0.423 bits per heavy atom. The van der Waals surface area contributed by atoms with Crippen molar-refractivity contribution < 1.29 is 17.8 Å². The Morgan fingerprint density at radius 1 is 0.124 bits per heavy atom. The maximum absolute atomic E-state index is 8.27. The van der Waals surface area contributed by atoms with E-state index in [1.54, 1.807) is 48.5 Å². The van der Waals surface area contributed by atoms with Crippen molar-refractivity contribution in [3.05, 3.63) is 579 Å². The minimum absolute atomic E-state index is 0.173. The standard InChI is InChI=1S/C27H20.C23H18.C19H14.2C19H16.C17H14.C13H12/c1-19-15-17-21(18-16-19)27-24-13-7-5-11-22(24)26(20-9-3-2-4-10-20)23-12-6-8-14-25(23)27;1-17-11-13-19(14-12-17)21-16-15-20(18-7-3-2-4-8-18)22-9-5-6-10-23(21)22;1-13-10-11-18-16-8-3-2-6-14(16)15-7-4-5-9-17(15)19(18)12-13;1-15-10-12-17(13-11-15)19-9-5-8-18(14-19)16-6-3-2-4-7-16;1-15-7-9-17(10-8-15)19-13-11-18(12-14-19)16-5-3-2-4-6-16;1-13-9-11-15(12-10-13)17-8-4-6-14-5-2-3-7-16(14)17;1-11-7-9-13(10-8-11)12-5-3-2-4-6-12/h2-18H,1H3;2-16H,1H3;2-12H,1H3;2*2-14H,1H3;2-12H,1H3;2-10H,1H3/i2T;5T,6T;2T,3T,4T,5T;5T;11T,14T;5T;7T,10T. The maximum Gasteiger partial charge on any atom is 0.0629 e. The van der Waals surface area contributed by atoms with E-state index in [0.717, 1.165) is 148 Å². The zero-order chi connectivity index (χ0) is 105. The van der Waals surface area contributed by atoms with Crippen LogP contribution in [0.3, 0.4) is 0 Å². The molecule has 137 heavy (non-hydrogen) atoms. The van der Waals surface area contributed by atoms with Crippen LogP contribution in [0.25, 0.3) is 187 Å². The van der Waals surface area contributed by atoms with Crippen LogP contribution in [0.4, 0.5) is 0 Å². The molecule has 0 spiro atoms. The van der Waals surface area contributed by atoms with Gasteiger partial charge in [0.15, 0.2) is 0 Å². The van der Waals surface area contributed by atoms with Crippen molar-refractivity contribution in [2.24, 2.45) is 0 Å². The molecule has 24 aromatic rings. The van der Waals surface area contributed by atoms with Gasteiger partial charge < -0.3 is 0 Å². The highest BCUT2D eigenvalue weighted by Gasteiger charge is 2.18. The molecule has 0 bridgehead atoms. The van der Waals surface area contributed by atoms with Crippen LogP contribution < -0.4 is 0 Å². The molecule has 0 aliphatic rings. The van der Waals surface area contributed by atoms with Gasteiger partial charge in [0.25, 0.3) is 0 Å². The molecule has 0 aliphatic carbocycles. The van der Waals surface area contributed by atoms with Crippen LogP contribution in [0.15, 0.2) is 540 Å². The summed E-state index contributed by atoms with van der Waals surface area (Å²) < 4.78 is 104. The summed E-state index contributed by atoms with van der Waals surface area (Å²) in [4.78, 5) is 0. The van der Waals surface area contributed by atoms with E-state index in [9.17, 15) is 0 Å². The third kappa shape index (κ3) is 21.9. The van der Waals surface area contributed by atoms with Crippen LogP contribution >= 0.6 is 0 Å². The summed E-state index contributed by atoms with van der Waals surface area (Å²) in [5.74, 6) is 0. The molecule has 24 rings (SSSR count). The molecule has 658 valence electrons. The molecule has 0 unspecified atom stereocenters. The van der Waals surface area contributed by atoms with Gasteiger partial charge in [-0.15, -0.1) is 0 Å². The lowest BCUT2D eigenvalue weighted by atomic mass is 9.86. The first kappa shape index (κ1) is 75.6. The van der Waals surface area contributed by atoms with Crippen molar-refractivity contribution in [3.63, 3.8) is 0 Å². The van der Waals surface area contributed by atoms with E-state index in [-0.39, 0.29) is 36.3 Å². The summed E-state index contributed by atoms with van der Waals surface area (Å²) in [5.41, 5.74) is 29.8. The molecule has 0 atom stereocenters. The number of hydrogen-bond acceptors (Lipinski definition) is 0. The quantitative estimate of drug-likeness (QED) is 0.0946. The molecule has 0 heteroatoms. The highest BCUT2D eigenvalue weighted by Crippen LogP contribution is 2.45. The zero-order valence-electron chi connectivity index (χ0n) is 90.9. The highest BCUT2D eigenvalue weighted by molar-refractivity contribution is 6.26. The molecule has 0 saturated carbocycles. The Hall–Kier alpha value is -16.9. The number of aryl methyl sites for hydroxylation is 7. The minimum Gasteiger partial charge on any atom is -0.0622 e. The Balaban J connectivity index is 0.000000115. The van der Waals surface area contributed by atoms with Crippen molar-refractivity contribution in [1.82, 2.24) is 0 Å². The van der Waals surface area contributed by atoms with Gasteiger partial charge in [-0.2, -0.15) is 0 Å². The van der Waals surface area contributed by atoms with Gasteiger partial charge in [0, 0.05) is 0 Å². The van der Waals surface area contributed by atoms with E-state index in [0.29, 0.717) is 42.3 Å². The largest absolute Gasteiger partial charge is 0.0629 e. The number of rotatable bonds is 10. The Labute approximate surface area is 826 Å². The Kier molecular flexibility index (Phi) is 24.1. The molecule has 0 heterocycles. The van der Waals surface area contributed by atoms with Crippen molar-refractivity contribution in [1.29, 1.82) is 0 Å². The lowest BCUT2D eigenvalue weighted by Crippen LogP contribution is -1.90. The Morgan fingerprint density at radius 3 is 0.861 bits per heavy atom. The lowest BCUT2D eigenvalue weighted by Gasteiger charge is -2.17. The van der Waals surface area contributed by atoms with Crippen LogP contribution in [0.2, 0.25) is 0 Å². The van der Waals surface area contributed by atoms with E-state index < -0.39 is 0 Å². The molecule has 0 amide bonds. The molecule has 24 aromatic carbocycles. The second kappa shape index (κ2) is 43.6. The SMILES string of the molecule is [3H]c1cc(-c2ccc(C)cc2)c([3H])cc1-c1ccccc1.[3H]c1cc(-c2ccccc2)c([3H])cc1C.[3H]c1cc(-c2ccccc2)cc(-c2ccc(C)cc2)c1.[3H]c1cc2c(-c3ccccc3)ccc(-c3ccc(C)cc3)c2cc1[3H].[3H]c1cc2c3ccc(C)cc3c3cc([3H])c([3H])cc3c2cc1[3H].[3H]c1ccc(-c2c3ccccc3c(-c3ccc(C)cc3)c3ccccc23)cc1.[3H]c1cccc2c(-c3ccc(C)cc3)cccc12. The predicted molar refractivity (Wildman–Crippen MR) is 595 cm³/mol. The number of hydrogen-bond donors (Lipinski definition) is 0. The van der Waals surface area contributed by atoms with Gasteiger partial charge in [-0.25, -0.2) is 0 Å². The van der Waals surface area contributed by atoms with E-state index in [1.807, 2.05) is 215 Å². The summed E-state index contributed by atoms with van der Waals surface area (Å²) >= 11 is 0. The van der Waals surface area contributed by atoms with Gasteiger partial charge in [0.1, 0.15) is 0 Å². The molecule has 0 fully saturated rings. The van der Waals surface area contributed by atoms with Gasteiger partial charge in [0.05, 0.1) is 17.8 Å². The highest BCUT2D eigenvalue weighted by atomic mass is 14.2. The van der Waals surface area contributed by atoms with E-state index in [1.165, 1.54) is 77.2 Å². The average Bonchev–Trinajstić information content (AvgIpc) is 0.752. The topological polar surface area (TPSA) is 0 Å². The van der Waals surface area contributed by atoms with Crippen molar-refractivity contribution in [2.45, 2.75) is 48.5 Å². The van der Waals surface area contributed by atoms with Crippen molar-refractivity contribution >= 4 is 75.4 Å². The summed E-state index contributed by atoms with van der Waals surface area (Å²) in [6.07, 6.45) is 0. The number of benzene rings is 24. The monoisotopic (exact) mass is 1780 g/mol. The van der Waals surface area contributed by atoms with Gasteiger partial charge >= 0.3 is 0 Å². The third-order valence-electron chi connectivity index (χ3n) is 24.7. The van der Waals surface area contributed by atoms with Gasteiger partial charge in [-0.1, -0.05) is 572 Å². The summed E-state index contributed by atoms with van der Waals surface area (Å²) in [7, 11) is 0. The molecular formula is C137H110. The molecular weight excluding hydrogens is 1650 g/mol. The van der Waals surface area contributed by atoms with Crippen LogP contribution in [0.1, 0.15) is 56.8 Å². The molecule has 0 aliphatic heterocycles. The second-order valence-electron chi connectivity index (χ2n) is 34.4. The van der Waals surface area contributed by atoms with Gasteiger partial charge in [-0.05, 0) is 241 Å². The second-order valence-corrected chi connectivity index (χ2v) is 34.4. The first-order valence-electron chi connectivity index (χ1n) is 52.9. The first-order valence-corrected chi connectivity index (χ1v) is 46.4. The summed E-state index contributed by atoms with van der Waals surface area (Å²) in [6.45, 7) is 14.3. The van der Waals surface area contributed by atoms with E-state index in [2.05, 4.69) is 246 Å².